The van der Waals surface area contributed by atoms with Crippen LogP contribution in [0, 0.1) is 56.7 Å². The van der Waals surface area contributed by atoms with Crippen LogP contribution in [0.3, 0.4) is 0 Å². The van der Waals surface area contributed by atoms with Crippen molar-refractivity contribution >= 4 is 11.7 Å². The zero-order chi connectivity index (χ0) is 24.9. The molecule has 5 fully saturated rings. The first-order valence-electron chi connectivity index (χ1n) is 13.9. The summed E-state index contributed by atoms with van der Waals surface area (Å²) in [6.07, 6.45) is 9.63. The number of nitrogens with zero attached hydrogens (tertiary/aromatic N) is 1. The van der Waals surface area contributed by atoms with Crippen LogP contribution in [-0.4, -0.2) is 33.2 Å². The minimum atomic E-state index is -0.665. The van der Waals surface area contributed by atoms with Crippen LogP contribution in [0.4, 0.5) is 0 Å². The lowest BCUT2D eigenvalue weighted by Gasteiger charge is -2.72. The number of fused-ring (bicyclic) bond motifs is 7. The van der Waals surface area contributed by atoms with E-state index in [-0.39, 0.29) is 39.6 Å². The highest BCUT2D eigenvalue weighted by molar-refractivity contribution is 5.87. The van der Waals surface area contributed by atoms with E-state index in [1.54, 1.807) is 0 Å². The number of rotatable bonds is 2. The van der Waals surface area contributed by atoms with Gasteiger partial charge in [-0.3, -0.25) is 4.79 Å². The van der Waals surface area contributed by atoms with Crippen LogP contribution in [0.2, 0.25) is 0 Å². The Labute approximate surface area is 205 Å². The minimum absolute atomic E-state index is 0.0532. The summed E-state index contributed by atoms with van der Waals surface area (Å²) in [6.45, 7) is 14.1. The number of aliphatic carboxylic acids is 1. The Balaban J connectivity index is 1.57. The summed E-state index contributed by atoms with van der Waals surface area (Å²) in [5, 5.41) is 34.6. The Morgan fingerprint density at radius 3 is 2.18 bits per heavy atom. The van der Waals surface area contributed by atoms with E-state index in [1.807, 2.05) is 6.92 Å². The third kappa shape index (κ3) is 2.77. The molecule has 5 heteroatoms. The van der Waals surface area contributed by atoms with Gasteiger partial charge in [0.15, 0.2) is 0 Å². The van der Waals surface area contributed by atoms with Crippen molar-refractivity contribution in [3.63, 3.8) is 0 Å². The first kappa shape index (κ1) is 24.6. The van der Waals surface area contributed by atoms with Crippen LogP contribution >= 0.6 is 0 Å². The van der Waals surface area contributed by atoms with E-state index in [0.717, 1.165) is 57.1 Å². The Hall–Kier alpha value is -1.10. The molecule has 0 radical (unpaired) electrons. The van der Waals surface area contributed by atoms with Gasteiger partial charge < -0.3 is 15.4 Å². The van der Waals surface area contributed by atoms with Gasteiger partial charge in [-0.2, -0.15) is 0 Å². The largest absolute Gasteiger partial charge is 0.481 e. The molecule has 34 heavy (non-hydrogen) atoms. The van der Waals surface area contributed by atoms with E-state index >= 15 is 0 Å². The van der Waals surface area contributed by atoms with Gasteiger partial charge in [-0.15, -0.1) is 0 Å². The first-order valence-corrected chi connectivity index (χ1v) is 13.9. The Morgan fingerprint density at radius 2 is 1.53 bits per heavy atom. The maximum atomic E-state index is 12.8. The van der Waals surface area contributed by atoms with Crippen molar-refractivity contribution in [2.75, 3.05) is 0 Å². The lowest BCUT2D eigenvalue weighted by molar-refractivity contribution is -0.247. The van der Waals surface area contributed by atoms with Gasteiger partial charge in [0, 0.05) is 5.92 Å². The molecule has 0 spiro atoms. The monoisotopic (exact) mass is 473 g/mol. The molecule has 5 aliphatic rings. The zero-order valence-corrected chi connectivity index (χ0v) is 22.2. The van der Waals surface area contributed by atoms with Crippen LogP contribution in [-0.2, 0) is 4.79 Å². The van der Waals surface area contributed by atoms with Gasteiger partial charge in [-0.25, -0.2) is 0 Å². The molecule has 0 bridgehead atoms. The number of oxime groups is 1. The van der Waals surface area contributed by atoms with Gasteiger partial charge in [0.1, 0.15) is 0 Å². The smallest absolute Gasteiger partial charge is 0.309 e. The molecule has 0 saturated heterocycles. The molecule has 0 aromatic heterocycles. The second-order valence-electron chi connectivity index (χ2n) is 14.4. The second kappa shape index (κ2) is 7.46. The topological polar surface area (TPSA) is 90.1 Å². The molecular formula is C29H47NO4. The predicted molar refractivity (Wildman–Crippen MR) is 133 cm³/mol. The van der Waals surface area contributed by atoms with E-state index in [0.29, 0.717) is 24.2 Å². The van der Waals surface area contributed by atoms with Crippen molar-refractivity contribution in [2.24, 2.45) is 61.8 Å². The quantitative estimate of drug-likeness (QED) is 0.247. The molecule has 3 N–H and O–H groups in total. The van der Waals surface area contributed by atoms with Gasteiger partial charge in [0.25, 0.3) is 0 Å². The highest BCUT2D eigenvalue weighted by Crippen LogP contribution is 2.77. The third-order valence-electron chi connectivity index (χ3n) is 13.5. The van der Waals surface area contributed by atoms with Gasteiger partial charge in [-0.05, 0) is 116 Å². The average molecular weight is 474 g/mol. The Kier molecular flexibility index (Phi) is 5.39. The van der Waals surface area contributed by atoms with Gasteiger partial charge in [-0.1, -0.05) is 39.8 Å². The van der Waals surface area contributed by atoms with Gasteiger partial charge >= 0.3 is 5.97 Å². The van der Waals surface area contributed by atoms with Gasteiger partial charge in [0.05, 0.1) is 17.2 Å². The Bertz CT molecular complexity index is 899. The van der Waals surface area contributed by atoms with Crippen LogP contribution in [0.15, 0.2) is 5.16 Å². The van der Waals surface area contributed by atoms with Crippen molar-refractivity contribution in [3.05, 3.63) is 0 Å². The lowest BCUT2D eigenvalue weighted by atomic mass is 9.32. The molecule has 10 atom stereocenters. The molecule has 5 saturated carbocycles. The van der Waals surface area contributed by atoms with Crippen molar-refractivity contribution in [1.29, 1.82) is 0 Å². The van der Waals surface area contributed by atoms with Crippen LogP contribution in [0.25, 0.3) is 0 Å². The number of hydrogen-bond donors (Lipinski definition) is 3. The summed E-state index contributed by atoms with van der Waals surface area (Å²) in [7, 11) is 0. The maximum absolute atomic E-state index is 12.8. The number of carbonyl (C=O) groups is 1. The average Bonchev–Trinajstić information content (AvgIpc) is 3.18. The van der Waals surface area contributed by atoms with E-state index in [1.165, 1.54) is 6.42 Å². The van der Waals surface area contributed by atoms with Crippen LogP contribution in [0.1, 0.15) is 106 Å². The number of carboxylic acid groups (broad SMARTS) is 1. The molecule has 5 nitrogen and oxygen atoms in total. The fourth-order valence-corrected chi connectivity index (χ4v) is 11.5. The van der Waals surface area contributed by atoms with E-state index in [9.17, 15) is 20.2 Å². The highest BCUT2D eigenvalue weighted by Gasteiger charge is 2.72. The molecule has 5 rings (SSSR count). The minimum Gasteiger partial charge on any atom is -0.481 e. The van der Waals surface area contributed by atoms with Crippen LogP contribution < -0.4 is 0 Å². The molecular weight excluding hydrogens is 426 g/mol. The zero-order valence-electron chi connectivity index (χ0n) is 22.2. The molecule has 0 heterocycles. The van der Waals surface area contributed by atoms with Crippen molar-refractivity contribution < 1.29 is 20.2 Å². The van der Waals surface area contributed by atoms with E-state index < -0.39 is 11.4 Å². The van der Waals surface area contributed by atoms with Crippen molar-refractivity contribution in [2.45, 2.75) is 112 Å². The SMILES string of the molecule is C/C(=N\O)[C@@H]1CC[C@]2(C(=O)O)CC[C@]3(C)[C@H](CC[C@@H]4[C@@]5(C)CC[C@H](O)C(C)(C)[C@@H]5CC[C@]43C)[C@@H]12. The molecule has 0 amide bonds. The number of aliphatic hydroxyl groups is 1. The summed E-state index contributed by atoms with van der Waals surface area (Å²) in [5.41, 5.74) is 0.490. The first-order chi connectivity index (χ1) is 15.8. The fourth-order valence-electron chi connectivity index (χ4n) is 11.5. The number of aliphatic hydroxyl groups excluding tert-OH is 1. The summed E-state index contributed by atoms with van der Waals surface area (Å²) in [6, 6.07) is 0. The summed E-state index contributed by atoms with van der Waals surface area (Å²) in [4.78, 5) is 12.8. The third-order valence-corrected chi connectivity index (χ3v) is 13.5. The standard InChI is InChI=1S/C29H47NO4/c1-17(30-34)18-9-14-29(24(32)33)16-15-27(5)19(23(18)29)7-8-21-26(4)12-11-22(31)25(2,3)20(26)10-13-28(21,27)6/h18-23,31,34H,7-16H2,1-6H3,(H,32,33)/b30-17+/t18-,19+,20-,21+,22-,23+,26-,27+,28+,29-/m0/s1. The normalized spacial score (nSPS) is 54.4. The second-order valence-corrected chi connectivity index (χ2v) is 14.4. The van der Waals surface area contributed by atoms with Crippen molar-refractivity contribution in [1.82, 2.24) is 0 Å². The summed E-state index contributed by atoms with van der Waals surface area (Å²) in [5.74, 6) is 1.00. The molecule has 0 unspecified atom stereocenters. The Morgan fingerprint density at radius 1 is 0.824 bits per heavy atom. The van der Waals surface area contributed by atoms with Gasteiger partial charge in [0.2, 0.25) is 0 Å². The van der Waals surface area contributed by atoms with E-state index in [4.69, 9.17) is 0 Å². The summed E-state index contributed by atoms with van der Waals surface area (Å²) < 4.78 is 0. The predicted octanol–water partition coefficient (Wildman–Crippen LogP) is 6.36. The molecule has 0 aromatic carbocycles. The number of hydrogen-bond acceptors (Lipinski definition) is 4. The number of carboxylic acids is 1. The van der Waals surface area contributed by atoms with Crippen molar-refractivity contribution in [3.8, 4) is 0 Å². The van der Waals surface area contributed by atoms with Crippen LogP contribution in [0.5, 0.6) is 0 Å². The fraction of sp³-hybridized carbons (Fsp3) is 0.931. The highest BCUT2D eigenvalue weighted by atomic mass is 16.4. The molecule has 192 valence electrons. The van der Waals surface area contributed by atoms with E-state index in [2.05, 4.69) is 39.8 Å². The molecule has 5 aliphatic carbocycles. The molecule has 0 aliphatic heterocycles. The lowest BCUT2D eigenvalue weighted by Crippen LogP contribution is -2.67. The molecule has 0 aromatic rings. The maximum Gasteiger partial charge on any atom is 0.309 e. The summed E-state index contributed by atoms with van der Waals surface area (Å²) >= 11 is 0.